The van der Waals surface area contributed by atoms with Crippen LogP contribution in [-0.2, 0) is 19.1 Å². The van der Waals surface area contributed by atoms with Gasteiger partial charge in [0.1, 0.15) is 5.00 Å². The molecule has 8 heteroatoms. The summed E-state index contributed by atoms with van der Waals surface area (Å²) in [5.74, 6) is -4.08. The standard InChI is InChI=1S/C20H21NO6S/c1-4-26-19(24)14(20(25)27-5-2)11-21-17-15(18(22)23)12(3)16(28-17)13-9-7-6-8-10-13/h6-11,14H,4-5H2,1-3H3,(H,22,23). The third kappa shape index (κ3) is 4.83. The van der Waals surface area contributed by atoms with Crippen molar-refractivity contribution in [1.82, 2.24) is 0 Å². The molecule has 1 aromatic carbocycles. The highest BCUT2D eigenvalue weighted by Gasteiger charge is 2.28. The summed E-state index contributed by atoms with van der Waals surface area (Å²) in [4.78, 5) is 40.8. The zero-order valence-corrected chi connectivity index (χ0v) is 16.6. The zero-order valence-electron chi connectivity index (χ0n) is 15.8. The Morgan fingerprint density at radius 1 is 1.11 bits per heavy atom. The van der Waals surface area contributed by atoms with Gasteiger partial charge in [0.2, 0.25) is 0 Å². The molecule has 0 fully saturated rings. The van der Waals surface area contributed by atoms with E-state index < -0.39 is 23.8 Å². The lowest BCUT2D eigenvalue weighted by Crippen LogP contribution is -2.29. The molecule has 0 aliphatic carbocycles. The maximum atomic E-state index is 12.1. The second kappa shape index (κ2) is 9.80. The summed E-state index contributed by atoms with van der Waals surface area (Å²) in [5, 5.41) is 9.81. The molecule has 0 saturated carbocycles. The van der Waals surface area contributed by atoms with Gasteiger partial charge in [0.25, 0.3) is 0 Å². The number of ether oxygens (including phenoxy) is 2. The summed E-state index contributed by atoms with van der Waals surface area (Å²) in [7, 11) is 0. The van der Waals surface area contributed by atoms with Gasteiger partial charge in [-0.1, -0.05) is 30.3 Å². The van der Waals surface area contributed by atoms with Crippen LogP contribution in [0.5, 0.6) is 0 Å². The largest absolute Gasteiger partial charge is 0.478 e. The van der Waals surface area contributed by atoms with Crippen molar-refractivity contribution in [2.24, 2.45) is 10.9 Å². The summed E-state index contributed by atoms with van der Waals surface area (Å²) >= 11 is 1.18. The molecule has 0 radical (unpaired) electrons. The number of hydrogen-bond donors (Lipinski definition) is 1. The van der Waals surface area contributed by atoms with Crippen LogP contribution >= 0.6 is 11.3 Å². The van der Waals surface area contributed by atoms with Gasteiger partial charge >= 0.3 is 17.9 Å². The minimum Gasteiger partial charge on any atom is -0.478 e. The summed E-state index contributed by atoms with van der Waals surface area (Å²) < 4.78 is 9.78. The number of carboxylic acids is 1. The van der Waals surface area contributed by atoms with Crippen LogP contribution in [0.15, 0.2) is 35.3 Å². The number of benzene rings is 1. The molecule has 2 rings (SSSR count). The summed E-state index contributed by atoms with van der Waals surface area (Å²) in [5.41, 5.74) is 1.47. The number of thiophene rings is 1. The molecule has 0 bridgehead atoms. The highest BCUT2D eigenvalue weighted by molar-refractivity contribution is 7.19. The predicted molar refractivity (Wildman–Crippen MR) is 106 cm³/mol. The van der Waals surface area contributed by atoms with E-state index in [1.807, 2.05) is 30.3 Å². The number of esters is 2. The van der Waals surface area contributed by atoms with Gasteiger partial charge in [-0.2, -0.15) is 0 Å². The highest BCUT2D eigenvalue weighted by atomic mass is 32.1. The van der Waals surface area contributed by atoms with Gasteiger partial charge < -0.3 is 14.6 Å². The fraction of sp³-hybridized carbons (Fsp3) is 0.300. The van der Waals surface area contributed by atoms with Crippen LogP contribution in [-0.4, -0.2) is 42.4 Å². The highest BCUT2D eigenvalue weighted by Crippen LogP contribution is 2.41. The van der Waals surface area contributed by atoms with Crippen molar-refractivity contribution in [3.8, 4) is 10.4 Å². The predicted octanol–water partition coefficient (Wildman–Crippen LogP) is 3.87. The molecular formula is C20H21NO6S. The van der Waals surface area contributed by atoms with Crippen molar-refractivity contribution in [2.75, 3.05) is 13.2 Å². The molecule has 2 aromatic rings. The van der Waals surface area contributed by atoms with Crippen LogP contribution in [0.1, 0.15) is 29.8 Å². The Labute approximate surface area is 166 Å². The molecule has 1 N–H and O–H groups in total. The maximum Gasteiger partial charge on any atom is 0.339 e. The van der Waals surface area contributed by atoms with Gasteiger partial charge in [-0.25, -0.2) is 9.79 Å². The molecule has 0 aliphatic rings. The van der Waals surface area contributed by atoms with E-state index in [4.69, 9.17) is 9.47 Å². The fourth-order valence-corrected chi connectivity index (χ4v) is 3.69. The number of nitrogens with zero attached hydrogens (tertiary/aromatic N) is 1. The molecular weight excluding hydrogens is 382 g/mol. The van der Waals surface area contributed by atoms with Crippen LogP contribution in [0.25, 0.3) is 10.4 Å². The number of hydrogen-bond acceptors (Lipinski definition) is 7. The zero-order chi connectivity index (χ0) is 20.7. The van der Waals surface area contributed by atoms with E-state index in [-0.39, 0.29) is 23.8 Å². The Morgan fingerprint density at radius 3 is 2.18 bits per heavy atom. The molecule has 0 spiro atoms. The minimum atomic E-state index is -1.36. The molecule has 1 heterocycles. The average molecular weight is 403 g/mol. The molecule has 0 unspecified atom stereocenters. The monoisotopic (exact) mass is 403 g/mol. The Kier molecular flexibility index (Phi) is 7.45. The van der Waals surface area contributed by atoms with E-state index in [0.29, 0.717) is 5.56 Å². The number of carboxylic acid groups (broad SMARTS) is 1. The lowest BCUT2D eigenvalue weighted by molar-refractivity contribution is -0.157. The molecule has 1 aromatic heterocycles. The van der Waals surface area contributed by atoms with Gasteiger partial charge in [0.05, 0.1) is 18.8 Å². The van der Waals surface area contributed by atoms with Gasteiger partial charge in [-0.15, -0.1) is 11.3 Å². The van der Waals surface area contributed by atoms with Crippen molar-refractivity contribution < 1.29 is 29.0 Å². The third-order valence-electron chi connectivity index (χ3n) is 3.80. The first kappa shape index (κ1) is 21.3. The summed E-state index contributed by atoms with van der Waals surface area (Å²) in [6.45, 7) is 5.14. The average Bonchev–Trinajstić information content (AvgIpc) is 2.99. The molecule has 7 nitrogen and oxygen atoms in total. The molecule has 148 valence electrons. The normalized spacial score (nSPS) is 11.0. The van der Waals surface area contributed by atoms with Crippen molar-refractivity contribution in [1.29, 1.82) is 0 Å². The number of aliphatic imine (C=N–C) groups is 1. The van der Waals surface area contributed by atoms with Crippen LogP contribution < -0.4 is 0 Å². The van der Waals surface area contributed by atoms with Crippen molar-refractivity contribution >= 4 is 40.5 Å². The van der Waals surface area contributed by atoms with Crippen LogP contribution in [0.2, 0.25) is 0 Å². The van der Waals surface area contributed by atoms with E-state index in [0.717, 1.165) is 16.7 Å². The molecule has 28 heavy (non-hydrogen) atoms. The van der Waals surface area contributed by atoms with Crippen molar-refractivity contribution in [2.45, 2.75) is 20.8 Å². The quantitative estimate of drug-likeness (QED) is 0.408. The van der Waals surface area contributed by atoms with E-state index in [9.17, 15) is 19.5 Å². The van der Waals surface area contributed by atoms with Crippen LogP contribution in [0, 0.1) is 12.8 Å². The fourth-order valence-electron chi connectivity index (χ4n) is 2.53. The summed E-state index contributed by atoms with van der Waals surface area (Å²) in [6.07, 6.45) is 1.09. The Morgan fingerprint density at radius 2 is 1.68 bits per heavy atom. The first-order chi connectivity index (χ1) is 13.4. The number of carbonyl (C=O) groups is 3. The van der Waals surface area contributed by atoms with Crippen molar-refractivity contribution in [3.05, 3.63) is 41.5 Å². The molecule has 0 atom stereocenters. The van der Waals surface area contributed by atoms with E-state index in [1.54, 1.807) is 20.8 Å². The lowest BCUT2D eigenvalue weighted by atomic mass is 10.1. The molecule has 0 amide bonds. The topological polar surface area (TPSA) is 102 Å². The van der Waals surface area contributed by atoms with Gasteiger partial charge in [0, 0.05) is 11.1 Å². The van der Waals surface area contributed by atoms with Gasteiger partial charge in [-0.05, 0) is 31.9 Å². The second-order valence-electron chi connectivity index (χ2n) is 5.67. The first-order valence-electron chi connectivity index (χ1n) is 8.70. The summed E-state index contributed by atoms with van der Waals surface area (Å²) in [6, 6.07) is 9.33. The Hall–Kier alpha value is -3.00. The van der Waals surface area contributed by atoms with Crippen LogP contribution in [0.3, 0.4) is 0 Å². The van der Waals surface area contributed by atoms with Crippen molar-refractivity contribution in [3.63, 3.8) is 0 Å². The third-order valence-corrected chi connectivity index (χ3v) is 5.05. The number of aromatic carboxylic acids is 1. The minimum absolute atomic E-state index is 0.0339. The van der Waals surface area contributed by atoms with E-state index >= 15 is 0 Å². The smallest absolute Gasteiger partial charge is 0.339 e. The van der Waals surface area contributed by atoms with Gasteiger partial charge in [-0.3, -0.25) is 9.59 Å². The lowest BCUT2D eigenvalue weighted by Gasteiger charge is -2.09. The number of rotatable bonds is 8. The SMILES string of the molecule is CCOC(=O)C(C=Nc1sc(-c2ccccc2)c(C)c1C(=O)O)C(=O)OCC. The van der Waals surface area contributed by atoms with Gasteiger partial charge in [0.15, 0.2) is 5.92 Å². The first-order valence-corrected chi connectivity index (χ1v) is 9.51. The van der Waals surface area contributed by atoms with Crippen LogP contribution in [0.4, 0.5) is 5.00 Å². The Bertz CT molecular complexity index is 870. The Balaban J connectivity index is 2.46. The second-order valence-corrected chi connectivity index (χ2v) is 6.67. The molecule has 0 saturated heterocycles. The van der Waals surface area contributed by atoms with E-state index in [1.165, 1.54) is 11.3 Å². The van der Waals surface area contributed by atoms with E-state index in [2.05, 4.69) is 4.99 Å². The molecule has 0 aliphatic heterocycles. The maximum absolute atomic E-state index is 12.1. The number of carbonyl (C=O) groups excluding carboxylic acids is 2.